The highest BCUT2D eigenvalue weighted by molar-refractivity contribution is 5.71. The van der Waals surface area contributed by atoms with Crippen LogP contribution in [0.1, 0.15) is 265 Å². The number of unbranched alkanes of at least 4 members (excludes halogenated alkanes) is 30. The first kappa shape index (κ1) is 63.6. The minimum absolute atomic E-state index is 0.0914. The summed E-state index contributed by atoms with van der Waals surface area (Å²) in [5, 5.41) is 0. The van der Waals surface area contributed by atoms with E-state index < -0.39 is 6.10 Å². The lowest BCUT2D eigenvalue weighted by molar-refractivity contribution is -0.167. The van der Waals surface area contributed by atoms with Crippen molar-refractivity contribution >= 4 is 17.9 Å². The van der Waals surface area contributed by atoms with Gasteiger partial charge in [0.15, 0.2) is 6.10 Å². The van der Waals surface area contributed by atoms with Gasteiger partial charge in [0.05, 0.1) is 0 Å². The van der Waals surface area contributed by atoms with Crippen molar-refractivity contribution in [2.75, 3.05) is 13.2 Å². The van der Waals surface area contributed by atoms with Crippen molar-refractivity contribution in [1.29, 1.82) is 0 Å². The molecule has 0 aromatic carbocycles. The summed E-state index contributed by atoms with van der Waals surface area (Å²) in [4.78, 5) is 38.1. The molecule has 0 radical (unpaired) electrons. The van der Waals surface area contributed by atoms with Crippen LogP contribution in [0.4, 0.5) is 0 Å². The summed E-state index contributed by atoms with van der Waals surface area (Å²) in [6.45, 7) is 6.56. The lowest BCUT2D eigenvalue weighted by Crippen LogP contribution is -2.30. The molecule has 384 valence electrons. The van der Waals surface area contributed by atoms with Crippen molar-refractivity contribution in [3.63, 3.8) is 0 Å². The zero-order valence-corrected chi connectivity index (χ0v) is 43.9. The number of carbonyl (C=O) groups excluding carboxylic acids is 3. The fourth-order valence-electron chi connectivity index (χ4n) is 7.75. The molecule has 1 atom stereocenters. The van der Waals surface area contributed by atoms with Gasteiger partial charge in [0.1, 0.15) is 13.2 Å². The molecule has 0 spiro atoms. The number of hydrogen-bond acceptors (Lipinski definition) is 6. The molecule has 0 heterocycles. The zero-order valence-electron chi connectivity index (χ0n) is 43.9. The van der Waals surface area contributed by atoms with Crippen LogP contribution < -0.4 is 0 Å². The summed E-state index contributed by atoms with van der Waals surface area (Å²) in [6, 6.07) is 0. The summed E-state index contributed by atoms with van der Waals surface area (Å²) in [5.41, 5.74) is 0. The average Bonchev–Trinajstić information content (AvgIpc) is 3.33. The summed E-state index contributed by atoms with van der Waals surface area (Å²) < 4.78 is 16.8. The normalized spacial score (nSPS) is 12.7. The van der Waals surface area contributed by atoms with E-state index >= 15 is 0 Å². The highest BCUT2D eigenvalue weighted by Gasteiger charge is 2.19. The van der Waals surface area contributed by atoms with Crippen LogP contribution in [-0.2, 0) is 28.6 Å². The van der Waals surface area contributed by atoms with Gasteiger partial charge in [0, 0.05) is 19.3 Å². The first-order valence-electron chi connectivity index (χ1n) is 28.2. The van der Waals surface area contributed by atoms with Gasteiger partial charge in [0.25, 0.3) is 0 Å². The summed E-state index contributed by atoms with van der Waals surface area (Å²) in [7, 11) is 0. The van der Waals surface area contributed by atoms with E-state index in [0.29, 0.717) is 19.3 Å². The van der Waals surface area contributed by atoms with Crippen LogP contribution in [0.25, 0.3) is 0 Å². The van der Waals surface area contributed by atoms with E-state index in [-0.39, 0.29) is 31.1 Å². The highest BCUT2D eigenvalue weighted by Crippen LogP contribution is 2.15. The van der Waals surface area contributed by atoms with Gasteiger partial charge in [-0.1, -0.05) is 260 Å². The Balaban J connectivity index is 4.47. The Hall–Kier alpha value is -3.41. The molecule has 0 aromatic rings. The van der Waals surface area contributed by atoms with Gasteiger partial charge in [-0.05, 0) is 70.6 Å². The molecule has 0 aliphatic rings. The maximum absolute atomic E-state index is 12.8. The van der Waals surface area contributed by atoms with E-state index in [0.717, 1.165) is 109 Å². The minimum Gasteiger partial charge on any atom is -0.462 e. The molecule has 0 aromatic heterocycles. The van der Waals surface area contributed by atoms with Crippen LogP contribution >= 0.6 is 0 Å². The molecule has 0 N–H and O–H groups in total. The lowest BCUT2D eigenvalue weighted by Gasteiger charge is -2.18. The highest BCUT2D eigenvalue weighted by atomic mass is 16.6. The van der Waals surface area contributed by atoms with E-state index in [4.69, 9.17) is 14.2 Å². The zero-order chi connectivity index (χ0) is 48.6. The van der Waals surface area contributed by atoms with Crippen molar-refractivity contribution < 1.29 is 28.6 Å². The molecular formula is C61H104O6. The molecule has 0 bridgehead atoms. The third-order valence-corrected chi connectivity index (χ3v) is 12.0. The Morgan fingerprint density at radius 3 is 0.866 bits per heavy atom. The molecule has 0 saturated carbocycles. The maximum Gasteiger partial charge on any atom is 0.306 e. The first-order chi connectivity index (χ1) is 33.0. The van der Waals surface area contributed by atoms with Crippen LogP contribution in [0.2, 0.25) is 0 Å². The van der Waals surface area contributed by atoms with Gasteiger partial charge in [-0.25, -0.2) is 0 Å². The predicted molar refractivity (Wildman–Crippen MR) is 288 cm³/mol. The second kappa shape index (κ2) is 55.2. The maximum atomic E-state index is 12.8. The number of hydrogen-bond donors (Lipinski definition) is 0. The topological polar surface area (TPSA) is 78.9 Å². The third-order valence-electron chi connectivity index (χ3n) is 12.0. The van der Waals surface area contributed by atoms with Crippen molar-refractivity contribution in [1.82, 2.24) is 0 Å². The van der Waals surface area contributed by atoms with Crippen molar-refractivity contribution in [3.8, 4) is 0 Å². The third kappa shape index (κ3) is 53.4. The van der Waals surface area contributed by atoms with Crippen molar-refractivity contribution in [3.05, 3.63) is 85.1 Å². The van der Waals surface area contributed by atoms with Crippen molar-refractivity contribution in [2.45, 2.75) is 271 Å². The van der Waals surface area contributed by atoms with E-state index in [1.807, 2.05) is 0 Å². The van der Waals surface area contributed by atoms with Crippen LogP contribution in [0.3, 0.4) is 0 Å². The molecular weight excluding hydrogens is 829 g/mol. The van der Waals surface area contributed by atoms with Gasteiger partial charge in [-0.15, -0.1) is 0 Å². The number of ether oxygens (including phenoxy) is 3. The Bertz CT molecular complexity index is 1300. The second-order valence-corrected chi connectivity index (χ2v) is 18.6. The molecule has 6 heteroatoms. The van der Waals surface area contributed by atoms with Crippen LogP contribution in [0, 0.1) is 0 Å². The lowest BCUT2D eigenvalue weighted by atomic mass is 10.0. The van der Waals surface area contributed by atoms with Gasteiger partial charge < -0.3 is 14.2 Å². The predicted octanol–water partition coefficient (Wildman–Crippen LogP) is 18.8. The number of allylic oxidation sites excluding steroid dienone is 14. The Kier molecular flexibility index (Phi) is 52.4. The van der Waals surface area contributed by atoms with Gasteiger partial charge in [-0.3, -0.25) is 14.4 Å². The summed E-state index contributed by atoms with van der Waals surface area (Å²) in [6.07, 6.45) is 71.3. The molecule has 6 nitrogen and oxygen atoms in total. The van der Waals surface area contributed by atoms with E-state index in [1.54, 1.807) is 0 Å². The average molecular weight is 933 g/mol. The second-order valence-electron chi connectivity index (χ2n) is 18.6. The fraction of sp³-hybridized carbons (Fsp3) is 0.721. The molecule has 0 amide bonds. The number of rotatable bonds is 50. The molecule has 0 aliphatic heterocycles. The van der Waals surface area contributed by atoms with Gasteiger partial charge in [-0.2, -0.15) is 0 Å². The summed E-state index contributed by atoms with van der Waals surface area (Å²) >= 11 is 0. The van der Waals surface area contributed by atoms with Gasteiger partial charge >= 0.3 is 17.9 Å². The van der Waals surface area contributed by atoms with Crippen molar-refractivity contribution in [2.24, 2.45) is 0 Å². The SMILES string of the molecule is CCCCC\C=C/C=C\C=C/C=C\CCCCCCCC(=O)OCC(COC(=O)CCCCCCCCCCCCCCC)OC(=O)CCCCCCC\C=C/C=C\C=C/CCCCCCC. The number of carbonyl (C=O) groups is 3. The molecule has 0 saturated heterocycles. The van der Waals surface area contributed by atoms with E-state index in [1.165, 1.54) is 116 Å². The first-order valence-corrected chi connectivity index (χ1v) is 28.2. The standard InChI is InChI=1S/C61H104O6/c1-4-7-10-13-16-19-22-25-27-29-31-33-36-39-42-45-48-51-54-60(63)66-57-58(56-65-59(62)53-50-47-44-41-38-35-24-21-18-15-12-9-6-3)67-61(64)55-52-49-46-43-40-37-34-32-30-28-26-23-20-17-14-11-8-5-2/h16,19,22-23,25-34,58H,4-15,17-18,20-21,24,35-57H2,1-3H3/b19-16-,25-22-,26-23-,29-27-,30-28-,33-31-,34-32-. The molecule has 0 rings (SSSR count). The molecule has 0 aliphatic carbocycles. The fourth-order valence-corrected chi connectivity index (χ4v) is 7.75. The molecule has 1 unspecified atom stereocenters. The van der Waals surface area contributed by atoms with Crippen LogP contribution in [0.5, 0.6) is 0 Å². The largest absolute Gasteiger partial charge is 0.462 e. The Labute approximate surface area is 414 Å². The number of esters is 3. The smallest absolute Gasteiger partial charge is 0.306 e. The molecule has 0 fully saturated rings. The molecule has 67 heavy (non-hydrogen) atoms. The van der Waals surface area contributed by atoms with E-state index in [9.17, 15) is 14.4 Å². The Morgan fingerprint density at radius 1 is 0.299 bits per heavy atom. The van der Waals surface area contributed by atoms with Crippen LogP contribution in [-0.4, -0.2) is 37.2 Å². The quantitative estimate of drug-likeness (QED) is 0.0262. The Morgan fingerprint density at radius 2 is 0.537 bits per heavy atom. The summed E-state index contributed by atoms with van der Waals surface area (Å²) in [5.74, 6) is -0.930. The monoisotopic (exact) mass is 933 g/mol. The van der Waals surface area contributed by atoms with Gasteiger partial charge in [0.2, 0.25) is 0 Å². The minimum atomic E-state index is -0.796. The van der Waals surface area contributed by atoms with Crippen LogP contribution in [0.15, 0.2) is 85.1 Å². The van der Waals surface area contributed by atoms with E-state index in [2.05, 4.69) is 106 Å².